The zero-order valence-corrected chi connectivity index (χ0v) is 13.5. The Morgan fingerprint density at radius 2 is 2.00 bits per heavy atom. The lowest BCUT2D eigenvalue weighted by Crippen LogP contribution is -2.30. The zero-order valence-electron chi connectivity index (χ0n) is 12.7. The minimum absolute atomic E-state index is 0.00534. The van der Waals surface area contributed by atoms with E-state index in [9.17, 15) is 9.18 Å². The van der Waals surface area contributed by atoms with Crippen LogP contribution in [0.3, 0.4) is 0 Å². The highest BCUT2D eigenvalue weighted by Gasteiger charge is 2.16. The molecule has 1 N–H and O–H groups in total. The van der Waals surface area contributed by atoms with Crippen molar-refractivity contribution in [2.45, 2.75) is 32.7 Å². The summed E-state index contributed by atoms with van der Waals surface area (Å²) in [5.41, 5.74) is 2.57. The average molecular weight is 320 g/mol. The van der Waals surface area contributed by atoms with Gasteiger partial charge in [0.1, 0.15) is 5.82 Å². The van der Waals surface area contributed by atoms with Gasteiger partial charge in [-0.1, -0.05) is 48.9 Å². The lowest BCUT2D eigenvalue weighted by atomic mass is 9.99. The Kier molecular flexibility index (Phi) is 5.56. The summed E-state index contributed by atoms with van der Waals surface area (Å²) in [6, 6.07) is 12.2. The summed E-state index contributed by atoms with van der Waals surface area (Å²) in [6.07, 6.45) is 0.783. The summed E-state index contributed by atoms with van der Waals surface area (Å²) in [7, 11) is 0. The predicted molar refractivity (Wildman–Crippen MR) is 87.5 cm³/mol. The molecule has 0 fully saturated rings. The number of hydrogen-bond donors (Lipinski definition) is 1. The van der Waals surface area contributed by atoms with Crippen LogP contribution in [-0.2, 0) is 11.2 Å². The van der Waals surface area contributed by atoms with E-state index in [2.05, 4.69) is 5.32 Å². The first kappa shape index (κ1) is 16.5. The van der Waals surface area contributed by atoms with Gasteiger partial charge in [-0.3, -0.25) is 4.79 Å². The maximum absolute atomic E-state index is 13.8. The summed E-state index contributed by atoms with van der Waals surface area (Å²) in [5, 5.41) is 3.30. The molecule has 0 spiro atoms. The van der Waals surface area contributed by atoms with Crippen molar-refractivity contribution >= 4 is 17.5 Å². The number of hydrogen-bond acceptors (Lipinski definition) is 1. The molecule has 1 atom stereocenters. The Balaban J connectivity index is 2.08. The van der Waals surface area contributed by atoms with Gasteiger partial charge in [0.15, 0.2) is 0 Å². The number of carbonyl (C=O) groups excluding carboxylic acids is 1. The second-order valence-electron chi connectivity index (χ2n) is 5.30. The number of aryl methyl sites for hydroxylation is 1. The summed E-state index contributed by atoms with van der Waals surface area (Å²) in [4.78, 5) is 12.2. The van der Waals surface area contributed by atoms with E-state index in [0.29, 0.717) is 10.6 Å². The lowest BCUT2D eigenvalue weighted by molar-refractivity contribution is -0.121. The van der Waals surface area contributed by atoms with Gasteiger partial charge in [0.25, 0.3) is 0 Å². The Labute approximate surface area is 135 Å². The molecule has 4 heteroatoms. The van der Waals surface area contributed by atoms with Crippen molar-refractivity contribution in [1.29, 1.82) is 0 Å². The molecular formula is C18H19ClFNO. The smallest absolute Gasteiger partial charge is 0.225 e. The van der Waals surface area contributed by atoms with Gasteiger partial charge in [-0.05, 0) is 42.2 Å². The van der Waals surface area contributed by atoms with Gasteiger partial charge in [0.2, 0.25) is 5.91 Å². The van der Waals surface area contributed by atoms with Gasteiger partial charge in [-0.15, -0.1) is 0 Å². The summed E-state index contributed by atoms with van der Waals surface area (Å²) in [5.74, 6) is -0.650. The van der Waals surface area contributed by atoms with Crippen LogP contribution in [0, 0.1) is 12.7 Å². The van der Waals surface area contributed by atoms with E-state index in [1.165, 1.54) is 6.07 Å². The second-order valence-corrected chi connectivity index (χ2v) is 5.73. The summed E-state index contributed by atoms with van der Waals surface area (Å²) < 4.78 is 13.8. The molecule has 2 aromatic carbocycles. The Morgan fingerprint density at radius 3 is 2.64 bits per heavy atom. The number of benzene rings is 2. The third kappa shape index (κ3) is 4.08. The third-order valence-corrected chi connectivity index (χ3v) is 3.91. The fraction of sp³-hybridized carbons (Fsp3) is 0.278. The van der Waals surface area contributed by atoms with Gasteiger partial charge in [-0.25, -0.2) is 4.39 Å². The van der Waals surface area contributed by atoms with Crippen molar-refractivity contribution in [2.75, 3.05) is 0 Å². The molecule has 2 nitrogen and oxygen atoms in total. The summed E-state index contributed by atoms with van der Waals surface area (Å²) in [6.45, 7) is 4.03. The highest BCUT2D eigenvalue weighted by Crippen LogP contribution is 2.21. The second kappa shape index (κ2) is 7.41. The van der Waals surface area contributed by atoms with Crippen LogP contribution in [0.4, 0.5) is 4.39 Å². The fourth-order valence-electron chi connectivity index (χ4n) is 2.46. The molecule has 0 radical (unpaired) electrons. The van der Waals surface area contributed by atoms with Crippen LogP contribution in [-0.4, -0.2) is 5.91 Å². The van der Waals surface area contributed by atoms with E-state index in [-0.39, 0.29) is 18.4 Å². The van der Waals surface area contributed by atoms with E-state index in [1.807, 2.05) is 38.1 Å². The number of carbonyl (C=O) groups is 1. The van der Waals surface area contributed by atoms with Crippen molar-refractivity contribution in [3.8, 4) is 0 Å². The Bertz CT molecular complexity index is 672. The molecular weight excluding hydrogens is 301 g/mol. The minimum Gasteiger partial charge on any atom is -0.349 e. The van der Waals surface area contributed by atoms with Crippen LogP contribution < -0.4 is 5.32 Å². The topological polar surface area (TPSA) is 29.1 Å². The number of nitrogens with one attached hydrogen (secondary N) is 1. The van der Waals surface area contributed by atoms with Gasteiger partial charge < -0.3 is 5.32 Å². The van der Waals surface area contributed by atoms with Gasteiger partial charge in [0.05, 0.1) is 12.5 Å². The highest BCUT2D eigenvalue weighted by atomic mass is 35.5. The molecule has 0 aromatic heterocycles. The predicted octanol–water partition coefficient (Wildman–Crippen LogP) is 4.60. The van der Waals surface area contributed by atoms with E-state index in [0.717, 1.165) is 17.5 Å². The van der Waals surface area contributed by atoms with Crippen LogP contribution in [0.1, 0.15) is 36.1 Å². The van der Waals surface area contributed by atoms with Crippen LogP contribution in [0.2, 0.25) is 5.02 Å². The molecule has 1 amide bonds. The molecule has 0 bridgehead atoms. The van der Waals surface area contributed by atoms with Crippen molar-refractivity contribution in [3.63, 3.8) is 0 Å². The zero-order chi connectivity index (χ0) is 16.1. The molecule has 0 aliphatic carbocycles. The van der Waals surface area contributed by atoms with Crippen LogP contribution in [0.25, 0.3) is 0 Å². The van der Waals surface area contributed by atoms with Crippen molar-refractivity contribution in [1.82, 2.24) is 5.32 Å². The highest BCUT2D eigenvalue weighted by molar-refractivity contribution is 6.30. The molecule has 0 heterocycles. The van der Waals surface area contributed by atoms with Gasteiger partial charge in [0, 0.05) is 5.02 Å². The van der Waals surface area contributed by atoms with E-state index < -0.39 is 5.82 Å². The van der Waals surface area contributed by atoms with Crippen LogP contribution >= 0.6 is 11.6 Å². The first-order valence-electron chi connectivity index (χ1n) is 7.30. The molecule has 0 aliphatic heterocycles. The summed E-state index contributed by atoms with van der Waals surface area (Å²) >= 11 is 5.72. The van der Waals surface area contributed by atoms with Crippen molar-refractivity contribution in [3.05, 3.63) is 70.0 Å². The number of halogens is 2. The molecule has 2 rings (SSSR count). The van der Waals surface area contributed by atoms with Crippen LogP contribution in [0.15, 0.2) is 42.5 Å². The molecule has 116 valence electrons. The maximum atomic E-state index is 13.8. The Hall–Kier alpha value is -1.87. The normalized spacial score (nSPS) is 12.0. The maximum Gasteiger partial charge on any atom is 0.225 e. The monoisotopic (exact) mass is 319 g/mol. The van der Waals surface area contributed by atoms with Gasteiger partial charge in [-0.2, -0.15) is 0 Å². The number of rotatable bonds is 5. The van der Waals surface area contributed by atoms with E-state index in [4.69, 9.17) is 11.6 Å². The molecule has 0 unspecified atom stereocenters. The molecule has 22 heavy (non-hydrogen) atoms. The molecule has 0 saturated heterocycles. The van der Waals surface area contributed by atoms with Gasteiger partial charge >= 0.3 is 0 Å². The van der Waals surface area contributed by atoms with E-state index >= 15 is 0 Å². The molecule has 0 saturated carbocycles. The first-order valence-corrected chi connectivity index (χ1v) is 7.68. The third-order valence-electron chi connectivity index (χ3n) is 3.67. The number of amides is 1. The quantitative estimate of drug-likeness (QED) is 0.857. The van der Waals surface area contributed by atoms with Crippen molar-refractivity contribution < 1.29 is 9.18 Å². The molecule has 0 aliphatic rings. The van der Waals surface area contributed by atoms with Crippen LogP contribution in [0.5, 0.6) is 0 Å². The fourth-order valence-corrected chi connectivity index (χ4v) is 2.62. The lowest BCUT2D eigenvalue weighted by Gasteiger charge is -2.19. The average Bonchev–Trinajstić information content (AvgIpc) is 2.48. The first-order chi connectivity index (χ1) is 10.5. The standard InChI is InChI=1S/C18H19ClFNO/c1-3-17(15-7-5-4-6-12(15)2)21-18(22)10-13-8-9-14(19)11-16(13)20/h4-9,11,17H,3,10H2,1-2H3,(H,21,22)/t17-/m1/s1. The largest absolute Gasteiger partial charge is 0.349 e. The minimum atomic E-state index is -0.452. The van der Waals surface area contributed by atoms with E-state index in [1.54, 1.807) is 12.1 Å². The van der Waals surface area contributed by atoms with Crippen molar-refractivity contribution in [2.24, 2.45) is 0 Å². The molecule has 2 aromatic rings. The Morgan fingerprint density at radius 1 is 1.27 bits per heavy atom. The SMILES string of the molecule is CC[C@@H](NC(=O)Cc1ccc(Cl)cc1F)c1ccccc1C.